The Labute approximate surface area is 198 Å². The van der Waals surface area contributed by atoms with E-state index in [1.807, 2.05) is 0 Å². The number of amides is 1. The smallest absolute Gasteiger partial charge is 0.266 e. The lowest BCUT2D eigenvalue weighted by Crippen LogP contribution is -2.44. The SMILES string of the molecule is C[C@@H](Nc1ncnc2c1cc(C(=O)N1CCCS(=O)(=O)C1)c(=O)n2C)c1cccc(C(F)F)c1F. The van der Waals surface area contributed by atoms with Crippen molar-refractivity contribution in [2.45, 2.75) is 25.8 Å². The van der Waals surface area contributed by atoms with Crippen molar-refractivity contribution in [2.75, 3.05) is 23.5 Å². The number of aryl methyl sites for hydroxylation is 1. The van der Waals surface area contributed by atoms with Gasteiger partial charge in [0, 0.05) is 19.2 Å². The average Bonchev–Trinajstić information content (AvgIpc) is 2.80. The van der Waals surface area contributed by atoms with Crippen molar-refractivity contribution in [1.29, 1.82) is 0 Å². The number of rotatable bonds is 5. The molecule has 186 valence electrons. The number of pyridine rings is 1. The minimum atomic E-state index is -3.45. The molecule has 1 aliphatic heterocycles. The molecule has 0 radical (unpaired) electrons. The largest absolute Gasteiger partial charge is 0.363 e. The Balaban J connectivity index is 1.75. The number of alkyl halides is 2. The van der Waals surface area contributed by atoms with Gasteiger partial charge in [-0.25, -0.2) is 31.6 Å². The van der Waals surface area contributed by atoms with Crippen molar-refractivity contribution in [2.24, 2.45) is 7.05 Å². The first-order chi connectivity index (χ1) is 16.5. The molecule has 1 fully saturated rings. The minimum Gasteiger partial charge on any atom is -0.363 e. The highest BCUT2D eigenvalue weighted by molar-refractivity contribution is 7.91. The summed E-state index contributed by atoms with van der Waals surface area (Å²) < 4.78 is 66.0. The topological polar surface area (TPSA) is 114 Å². The number of carbonyl (C=O) groups excluding carboxylic acids is 1. The lowest BCUT2D eigenvalue weighted by Gasteiger charge is -2.26. The highest BCUT2D eigenvalue weighted by atomic mass is 32.2. The fraction of sp³-hybridized carbons (Fsp3) is 0.364. The zero-order valence-corrected chi connectivity index (χ0v) is 19.7. The van der Waals surface area contributed by atoms with Crippen LogP contribution in [0.3, 0.4) is 0 Å². The van der Waals surface area contributed by atoms with Gasteiger partial charge >= 0.3 is 0 Å². The summed E-state index contributed by atoms with van der Waals surface area (Å²) in [4.78, 5) is 35.3. The molecule has 35 heavy (non-hydrogen) atoms. The highest BCUT2D eigenvalue weighted by Crippen LogP contribution is 2.30. The van der Waals surface area contributed by atoms with Gasteiger partial charge in [-0.15, -0.1) is 0 Å². The minimum absolute atomic E-state index is 0.0193. The zero-order valence-electron chi connectivity index (χ0n) is 18.8. The first kappa shape index (κ1) is 24.6. The average molecular weight is 510 g/mol. The van der Waals surface area contributed by atoms with Crippen LogP contribution >= 0.6 is 0 Å². The number of anilines is 1. The van der Waals surface area contributed by atoms with Crippen LogP contribution < -0.4 is 10.9 Å². The number of nitrogens with one attached hydrogen (secondary N) is 1. The van der Waals surface area contributed by atoms with Gasteiger partial charge in [0.25, 0.3) is 17.9 Å². The van der Waals surface area contributed by atoms with Gasteiger partial charge in [-0.1, -0.05) is 18.2 Å². The van der Waals surface area contributed by atoms with E-state index in [0.29, 0.717) is 0 Å². The van der Waals surface area contributed by atoms with Gasteiger partial charge in [-0.2, -0.15) is 0 Å². The summed E-state index contributed by atoms with van der Waals surface area (Å²) in [5, 5.41) is 3.19. The second-order valence-electron chi connectivity index (χ2n) is 8.30. The van der Waals surface area contributed by atoms with Crippen LogP contribution in [-0.2, 0) is 16.9 Å². The van der Waals surface area contributed by atoms with E-state index in [1.165, 1.54) is 31.6 Å². The number of hydrogen-bond donors (Lipinski definition) is 1. The molecule has 1 N–H and O–H groups in total. The molecule has 4 rings (SSSR count). The fourth-order valence-electron chi connectivity index (χ4n) is 4.06. The summed E-state index contributed by atoms with van der Waals surface area (Å²) in [7, 11) is -2.05. The van der Waals surface area contributed by atoms with E-state index in [1.54, 1.807) is 6.92 Å². The Hall–Kier alpha value is -3.48. The number of halogens is 3. The van der Waals surface area contributed by atoms with E-state index in [-0.39, 0.29) is 46.7 Å². The maximum Gasteiger partial charge on any atom is 0.266 e. The molecule has 1 amide bonds. The van der Waals surface area contributed by atoms with Crippen molar-refractivity contribution < 1.29 is 26.4 Å². The second-order valence-corrected chi connectivity index (χ2v) is 10.5. The monoisotopic (exact) mass is 509 g/mol. The quantitative estimate of drug-likeness (QED) is 0.563. The van der Waals surface area contributed by atoms with Crippen LogP contribution in [0.25, 0.3) is 11.0 Å². The Kier molecular flexibility index (Phi) is 6.54. The van der Waals surface area contributed by atoms with E-state index in [4.69, 9.17) is 0 Å². The molecule has 1 aliphatic rings. The Morgan fingerprint density at radius 3 is 2.60 bits per heavy atom. The Morgan fingerprint density at radius 1 is 1.20 bits per heavy atom. The van der Waals surface area contributed by atoms with Crippen molar-refractivity contribution in [3.63, 3.8) is 0 Å². The molecule has 3 aromatic rings. The van der Waals surface area contributed by atoms with Crippen LogP contribution in [-0.4, -0.2) is 51.9 Å². The number of carbonyl (C=O) groups is 1. The molecule has 3 heterocycles. The molecule has 0 bridgehead atoms. The van der Waals surface area contributed by atoms with E-state index >= 15 is 0 Å². The maximum absolute atomic E-state index is 14.6. The third kappa shape index (κ3) is 4.72. The first-order valence-electron chi connectivity index (χ1n) is 10.7. The molecule has 1 aromatic carbocycles. The summed E-state index contributed by atoms with van der Waals surface area (Å²) in [5.41, 5.74) is -1.51. The Morgan fingerprint density at radius 2 is 1.91 bits per heavy atom. The molecule has 2 aromatic heterocycles. The van der Waals surface area contributed by atoms with E-state index in [0.717, 1.165) is 15.5 Å². The molecule has 13 heteroatoms. The van der Waals surface area contributed by atoms with Gasteiger partial charge in [0.15, 0.2) is 9.84 Å². The standard InChI is InChI=1S/C22H22F3N5O4S/c1-12(13-5-3-6-14(17(13)23)18(24)25)28-19-15-9-16(21(31)29(2)20(15)27-10-26-19)22(32)30-7-4-8-35(33,34)11-30/h3,5-6,9-10,12,18H,4,7-8,11H2,1-2H3,(H,26,27,28)/t12-/m1/s1. The normalized spacial score (nSPS) is 16.5. The molecular formula is C22H22F3N5O4S. The molecule has 9 nitrogen and oxygen atoms in total. The van der Waals surface area contributed by atoms with Crippen molar-refractivity contribution >= 4 is 32.6 Å². The maximum atomic E-state index is 14.6. The van der Waals surface area contributed by atoms with Crippen molar-refractivity contribution in [3.8, 4) is 0 Å². The summed E-state index contributed by atoms with van der Waals surface area (Å²) in [6.45, 7) is 1.74. The van der Waals surface area contributed by atoms with Crippen LogP contribution in [0.2, 0.25) is 0 Å². The molecule has 1 atom stereocenters. The number of hydrogen-bond acceptors (Lipinski definition) is 7. The van der Waals surface area contributed by atoms with E-state index < -0.39 is 51.0 Å². The third-order valence-corrected chi connectivity index (χ3v) is 7.49. The van der Waals surface area contributed by atoms with Gasteiger partial charge in [0.1, 0.15) is 35.0 Å². The first-order valence-corrected chi connectivity index (χ1v) is 12.5. The van der Waals surface area contributed by atoms with Crippen LogP contribution in [0.1, 0.15) is 47.3 Å². The highest BCUT2D eigenvalue weighted by Gasteiger charge is 2.29. The van der Waals surface area contributed by atoms with Gasteiger partial charge < -0.3 is 10.2 Å². The summed E-state index contributed by atoms with van der Waals surface area (Å²) in [5.74, 6) is -2.17. The van der Waals surface area contributed by atoms with E-state index in [9.17, 15) is 31.2 Å². The van der Waals surface area contributed by atoms with Crippen LogP contribution in [0.15, 0.2) is 35.4 Å². The van der Waals surface area contributed by atoms with Gasteiger partial charge in [-0.3, -0.25) is 14.2 Å². The predicted molar refractivity (Wildman–Crippen MR) is 122 cm³/mol. The molecular weight excluding hydrogens is 487 g/mol. The lowest BCUT2D eigenvalue weighted by atomic mass is 10.0. The number of benzene rings is 1. The van der Waals surface area contributed by atoms with Crippen LogP contribution in [0.4, 0.5) is 19.0 Å². The predicted octanol–water partition coefficient (Wildman–Crippen LogP) is 2.80. The van der Waals surface area contributed by atoms with Gasteiger partial charge in [0.2, 0.25) is 0 Å². The molecule has 0 saturated carbocycles. The number of nitrogens with zero attached hydrogens (tertiary/aromatic N) is 4. The third-order valence-electron chi connectivity index (χ3n) is 5.87. The summed E-state index contributed by atoms with van der Waals surface area (Å²) in [6.07, 6.45) is -1.55. The van der Waals surface area contributed by atoms with Crippen LogP contribution in [0, 0.1) is 5.82 Å². The van der Waals surface area contributed by atoms with Gasteiger partial charge in [0.05, 0.1) is 22.7 Å². The molecule has 0 aliphatic carbocycles. The lowest BCUT2D eigenvalue weighted by molar-refractivity contribution is 0.0775. The number of aromatic nitrogens is 3. The molecule has 0 unspecified atom stereocenters. The second kappa shape index (κ2) is 9.29. The van der Waals surface area contributed by atoms with Crippen molar-refractivity contribution in [1.82, 2.24) is 19.4 Å². The van der Waals surface area contributed by atoms with Crippen molar-refractivity contribution in [3.05, 3.63) is 63.5 Å². The summed E-state index contributed by atoms with van der Waals surface area (Å²) in [6, 6.07) is 4.15. The number of fused-ring (bicyclic) bond motifs is 1. The van der Waals surface area contributed by atoms with Crippen LogP contribution in [0.5, 0.6) is 0 Å². The molecule has 1 saturated heterocycles. The summed E-state index contributed by atoms with van der Waals surface area (Å²) >= 11 is 0. The molecule has 0 spiro atoms. The van der Waals surface area contributed by atoms with E-state index in [2.05, 4.69) is 15.3 Å². The number of sulfone groups is 1. The fourth-order valence-corrected chi connectivity index (χ4v) is 5.48. The van der Waals surface area contributed by atoms with Gasteiger partial charge in [-0.05, 0) is 19.4 Å². The zero-order chi connectivity index (χ0) is 25.5. The Bertz CT molecular complexity index is 1480.